The summed E-state index contributed by atoms with van der Waals surface area (Å²) in [6.45, 7) is 5.70. The average molecular weight is 349 g/mol. The van der Waals surface area contributed by atoms with E-state index in [0.29, 0.717) is 11.5 Å². The number of nitriles is 1. The molecule has 1 unspecified atom stereocenters. The molecule has 7 nitrogen and oxygen atoms in total. The van der Waals surface area contributed by atoms with Gasteiger partial charge in [-0.3, -0.25) is 9.69 Å². The first kappa shape index (κ1) is 16.5. The van der Waals surface area contributed by atoms with Crippen molar-refractivity contribution in [3.8, 4) is 6.07 Å². The number of aromatic nitrogens is 2. The highest BCUT2D eigenvalue weighted by Gasteiger charge is 2.49. The normalized spacial score (nSPS) is 26.8. The van der Waals surface area contributed by atoms with E-state index < -0.39 is 6.10 Å². The number of carbonyl (C=O) groups excluding carboxylic acids is 1. The highest BCUT2D eigenvalue weighted by atomic mass is 16.5. The first-order valence-corrected chi connectivity index (χ1v) is 8.58. The first-order valence-electron chi connectivity index (χ1n) is 8.58. The number of hydrogen-bond acceptors (Lipinski definition) is 6. The van der Waals surface area contributed by atoms with Crippen LogP contribution in [0.5, 0.6) is 0 Å². The van der Waals surface area contributed by atoms with Crippen molar-refractivity contribution < 1.29 is 9.53 Å². The third-order valence-electron chi connectivity index (χ3n) is 4.99. The smallest absolute Gasteiger partial charge is 0.258 e. The Kier molecular flexibility index (Phi) is 3.85. The molecule has 1 aromatic heterocycles. The first-order chi connectivity index (χ1) is 12.5. The lowest BCUT2D eigenvalue weighted by atomic mass is 9.86. The summed E-state index contributed by atoms with van der Waals surface area (Å²) in [5.74, 6) is 0.411. The van der Waals surface area contributed by atoms with Crippen LogP contribution < -0.4 is 10.2 Å². The van der Waals surface area contributed by atoms with Gasteiger partial charge in [0.05, 0.1) is 23.4 Å². The molecule has 0 aliphatic carbocycles. The second-order valence-corrected chi connectivity index (χ2v) is 6.77. The Morgan fingerprint density at radius 3 is 2.85 bits per heavy atom. The fraction of sp³-hybridized carbons (Fsp3) is 0.368. The van der Waals surface area contributed by atoms with Crippen LogP contribution in [0.1, 0.15) is 36.7 Å². The minimum absolute atomic E-state index is 0.0468. The van der Waals surface area contributed by atoms with Gasteiger partial charge in [-0.15, -0.1) is 0 Å². The van der Waals surface area contributed by atoms with E-state index in [9.17, 15) is 10.1 Å². The Hall–Kier alpha value is -2.98. The maximum absolute atomic E-state index is 12.6. The van der Waals surface area contributed by atoms with Gasteiger partial charge in [-0.2, -0.15) is 5.26 Å². The monoisotopic (exact) mass is 349 g/mol. The number of benzene rings is 1. The summed E-state index contributed by atoms with van der Waals surface area (Å²) in [6.07, 6.45) is 0.856. The van der Waals surface area contributed by atoms with Crippen molar-refractivity contribution in [3.63, 3.8) is 0 Å². The van der Waals surface area contributed by atoms with Crippen molar-refractivity contribution in [3.05, 3.63) is 47.3 Å². The molecule has 0 spiro atoms. The van der Waals surface area contributed by atoms with Crippen LogP contribution in [0, 0.1) is 24.2 Å². The van der Waals surface area contributed by atoms with Crippen LogP contribution in [0.4, 0.5) is 11.6 Å². The van der Waals surface area contributed by atoms with Crippen LogP contribution in [0.3, 0.4) is 0 Å². The molecule has 0 bridgehead atoms. The van der Waals surface area contributed by atoms with E-state index in [1.807, 2.05) is 32.0 Å². The molecule has 1 fully saturated rings. The predicted octanol–water partition coefficient (Wildman–Crippen LogP) is 2.54. The largest absolute Gasteiger partial charge is 0.347 e. The minimum Gasteiger partial charge on any atom is -0.347 e. The number of nitrogens with zero attached hydrogens (tertiary/aromatic N) is 4. The molecule has 4 atom stereocenters. The Bertz CT molecular complexity index is 922. The summed E-state index contributed by atoms with van der Waals surface area (Å²) >= 11 is 0. The Balaban J connectivity index is 1.81. The van der Waals surface area contributed by atoms with Crippen LogP contribution in [-0.2, 0) is 9.53 Å². The highest BCUT2D eigenvalue weighted by Crippen LogP contribution is 2.45. The third-order valence-corrected chi connectivity index (χ3v) is 4.99. The summed E-state index contributed by atoms with van der Waals surface area (Å²) in [6, 6.07) is 9.19. The molecule has 1 aromatic carbocycles. The number of nitrogens with one attached hydrogen (secondary N) is 1. The van der Waals surface area contributed by atoms with Gasteiger partial charge in [-0.05, 0) is 38.1 Å². The standard InChI is InChI=1S/C19H19N5O2/c1-10-6-7-21-19(22-10)23-16-11(2)18-24(17(25)12(3)26-18)15-5-4-13(9-20)8-14(15)16/h4-8,11-12,16,18H,1-3H3,(H,21,22,23)/t11-,12?,16-,18+/m1/s1. The molecule has 0 radical (unpaired) electrons. The zero-order valence-electron chi connectivity index (χ0n) is 14.8. The van der Waals surface area contributed by atoms with E-state index in [-0.39, 0.29) is 24.1 Å². The Labute approximate surface area is 151 Å². The lowest BCUT2D eigenvalue weighted by Crippen LogP contribution is -2.46. The zero-order valence-corrected chi connectivity index (χ0v) is 14.8. The second-order valence-electron chi connectivity index (χ2n) is 6.77. The molecule has 2 aliphatic rings. The van der Waals surface area contributed by atoms with Crippen molar-refractivity contribution in [2.45, 2.75) is 39.1 Å². The molecular weight excluding hydrogens is 330 g/mol. The third kappa shape index (κ3) is 2.50. The van der Waals surface area contributed by atoms with Gasteiger partial charge in [0.15, 0.2) is 0 Å². The highest BCUT2D eigenvalue weighted by molar-refractivity contribution is 6.00. The number of aryl methyl sites for hydroxylation is 1. The van der Waals surface area contributed by atoms with E-state index in [1.54, 1.807) is 24.1 Å². The van der Waals surface area contributed by atoms with Gasteiger partial charge in [0.1, 0.15) is 12.3 Å². The van der Waals surface area contributed by atoms with Crippen molar-refractivity contribution in [1.29, 1.82) is 5.26 Å². The lowest BCUT2D eigenvalue weighted by Gasteiger charge is -2.40. The number of rotatable bonds is 2. The average Bonchev–Trinajstić information content (AvgIpc) is 2.93. The number of ether oxygens (including phenoxy) is 1. The van der Waals surface area contributed by atoms with Crippen molar-refractivity contribution in [2.75, 3.05) is 10.2 Å². The van der Waals surface area contributed by atoms with Gasteiger partial charge in [-0.1, -0.05) is 6.92 Å². The summed E-state index contributed by atoms with van der Waals surface area (Å²) in [5, 5.41) is 12.7. The molecule has 1 N–H and O–H groups in total. The summed E-state index contributed by atoms with van der Waals surface area (Å²) < 4.78 is 5.93. The molecule has 0 saturated carbocycles. The number of anilines is 2. The Morgan fingerprint density at radius 2 is 2.12 bits per heavy atom. The van der Waals surface area contributed by atoms with Crippen LogP contribution in [0.2, 0.25) is 0 Å². The van der Waals surface area contributed by atoms with Gasteiger partial charge in [-0.25, -0.2) is 9.97 Å². The second kappa shape index (κ2) is 6.07. The molecule has 132 valence electrons. The topological polar surface area (TPSA) is 91.1 Å². The summed E-state index contributed by atoms with van der Waals surface area (Å²) in [4.78, 5) is 23.0. The van der Waals surface area contributed by atoms with E-state index in [2.05, 4.69) is 21.4 Å². The van der Waals surface area contributed by atoms with Crippen molar-refractivity contribution in [1.82, 2.24) is 9.97 Å². The maximum Gasteiger partial charge on any atom is 0.258 e. The minimum atomic E-state index is -0.486. The quantitative estimate of drug-likeness (QED) is 0.896. The van der Waals surface area contributed by atoms with E-state index >= 15 is 0 Å². The zero-order chi connectivity index (χ0) is 18.4. The molecule has 3 heterocycles. The molecule has 2 aliphatic heterocycles. The van der Waals surface area contributed by atoms with Crippen molar-refractivity contribution in [2.24, 2.45) is 5.92 Å². The fourth-order valence-corrected chi connectivity index (χ4v) is 3.67. The van der Waals surface area contributed by atoms with Crippen LogP contribution in [-0.4, -0.2) is 28.2 Å². The number of carbonyl (C=O) groups is 1. The fourth-order valence-electron chi connectivity index (χ4n) is 3.67. The SMILES string of the molecule is Cc1ccnc(N[C@H]2c3cc(C#N)ccc3N3C(=O)C(C)O[C@H]3[C@@H]2C)n1. The molecular formula is C19H19N5O2. The van der Waals surface area contributed by atoms with Crippen LogP contribution in [0.15, 0.2) is 30.5 Å². The molecule has 2 aromatic rings. The van der Waals surface area contributed by atoms with Gasteiger partial charge in [0.2, 0.25) is 5.95 Å². The van der Waals surface area contributed by atoms with Crippen LogP contribution in [0.25, 0.3) is 0 Å². The van der Waals surface area contributed by atoms with Gasteiger partial charge < -0.3 is 10.1 Å². The van der Waals surface area contributed by atoms with Gasteiger partial charge in [0.25, 0.3) is 5.91 Å². The van der Waals surface area contributed by atoms with E-state index in [0.717, 1.165) is 16.9 Å². The molecule has 7 heteroatoms. The van der Waals surface area contributed by atoms with Gasteiger partial charge >= 0.3 is 0 Å². The number of fused-ring (bicyclic) bond motifs is 3. The lowest BCUT2D eigenvalue weighted by molar-refractivity contribution is -0.121. The number of hydrogen-bond donors (Lipinski definition) is 1. The van der Waals surface area contributed by atoms with E-state index in [4.69, 9.17) is 4.74 Å². The van der Waals surface area contributed by atoms with Crippen molar-refractivity contribution >= 4 is 17.5 Å². The summed E-state index contributed by atoms with van der Waals surface area (Å²) in [7, 11) is 0. The molecule has 1 saturated heterocycles. The summed E-state index contributed by atoms with van der Waals surface area (Å²) in [5.41, 5.74) is 3.06. The molecule has 26 heavy (non-hydrogen) atoms. The van der Waals surface area contributed by atoms with E-state index in [1.165, 1.54) is 0 Å². The maximum atomic E-state index is 12.6. The predicted molar refractivity (Wildman–Crippen MR) is 95.3 cm³/mol. The van der Waals surface area contributed by atoms with Crippen LogP contribution >= 0.6 is 0 Å². The molecule has 4 rings (SSSR count). The Morgan fingerprint density at radius 1 is 1.31 bits per heavy atom. The van der Waals surface area contributed by atoms with Gasteiger partial charge in [0, 0.05) is 23.4 Å². The number of amides is 1. The molecule has 1 amide bonds.